The molecule has 1 atom stereocenters. The Morgan fingerprint density at radius 3 is 2.31 bits per heavy atom. The Morgan fingerprint density at radius 1 is 1.09 bits per heavy atom. The fourth-order valence-corrected chi connectivity index (χ4v) is 4.36. The summed E-state index contributed by atoms with van der Waals surface area (Å²) in [5, 5.41) is 9.20. The number of aryl methyl sites for hydroxylation is 1. The molecule has 0 fully saturated rings. The molecular formula is C25H23Cl2F3N2O3. The van der Waals surface area contributed by atoms with E-state index in [0.717, 1.165) is 11.6 Å². The second-order valence-corrected chi connectivity index (χ2v) is 8.99. The number of hydrogen-bond donors (Lipinski definition) is 1. The van der Waals surface area contributed by atoms with Crippen molar-refractivity contribution < 1.29 is 23.1 Å². The minimum absolute atomic E-state index is 0.0712. The van der Waals surface area contributed by atoms with Gasteiger partial charge in [-0.1, -0.05) is 53.5 Å². The van der Waals surface area contributed by atoms with Crippen LogP contribution in [-0.2, 0) is 25.7 Å². The molecule has 3 aromatic rings. The van der Waals surface area contributed by atoms with Crippen molar-refractivity contribution in [1.29, 1.82) is 0 Å². The molecule has 35 heavy (non-hydrogen) atoms. The van der Waals surface area contributed by atoms with E-state index in [-0.39, 0.29) is 34.3 Å². The number of aromatic carboxylic acids is 1. The third-order valence-electron chi connectivity index (χ3n) is 5.91. The highest BCUT2D eigenvalue weighted by atomic mass is 35.5. The van der Waals surface area contributed by atoms with E-state index in [9.17, 15) is 22.8 Å². The number of carboxylic acid groups (broad SMARTS) is 1. The number of aromatic nitrogens is 1. The van der Waals surface area contributed by atoms with Gasteiger partial charge in [0.15, 0.2) is 0 Å². The van der Waals surface area contributed by atoms with Crippen LogP contribution >= 0.6 is 23.2 Å². The summed E-state index contributed by atoms with van der Waals surface area (Å²) in [4.78, 5) is 25.6. The smallest absolute Gasteiger partial charge is 0.416 e. The number of nitrogens with zero attached hydrogens (tertiary/aromatic N) is 2. The SMILES string of the molecule is CC(c1ccccc1C(F)(F)F)N(C)Cc1c(Cl)cc(Cl)c(=O)n1CCc1ccc(C(=O)O)cc1. The van der Waals surface area contributed by atoms with Crippen LogP contribution in [0.3, 0.4) is 0 Å². The zero-order valence-electron chi connectivity index (χ0n) is 18.9. The molecule has 0 radical (unpaired) electrons. The summed E-state index contributed by atoms with van der Waals surface area (Å²) in [6, 6.07) is 12.3. The Hall–Kier alpha value is -2.81. The Labute approximate surface area is 210 Å². The number of hydrogen-bond acceptors (Lipinski definition) is 3. The topological polar surface area (TPSA) is 62.5 Å². The first kappa shape index (κ1) is 26.8. The average Bonchev–Trinajstić information content (AvgIpc) is 2.81. The maximum absolute atomic E-state index is 13.5. The minimum Gasteiger partial charge on any atom is -0.478 e. The molecule has 1 N–H and O–H groups in total. The summed E-state index contributed by atoms with van der Waals surface area (Å²) in [6.45, 7) is 1.94. The van der Waals surface area contributed by atoms with Crippen LogP contribution in [0.5, 0.6) is 0 Å². The fourth-order valence-electron chi connectivity index (χ4n) is 3.82. The average molecular weight is 527 g/mol. The number of carboxylic acids is 1. The van der Waals surface area contributed by atoms with Crippen LogP contribution in [0.1, 0.15) is 45.7 Å². The van der Waals surface area contributed by atoms with Gasteiger partial charge in [-0.2, -0.15) is 13.2 Å². The lowest BCUT2D eigenvalue weighted by molar-refractivity contribution is -0.138. The Kier molecular flexibility index (Phi) is 8.30. The molecule has 10 heteroatoms. The summed E-state index contributed by atoms with van der Waals surface area (Å²) in [6.07, 6.45) is -4.11. The Bertz CT molecular complexity index is 1270. The Balaban J connectivity index is 1.89. The molecule has 2 aromatic carbocycles. The van der Waals surface area contributed by atoms with Crippen molar-refractivity contribution in [2.75, 3.05) is 7.05 Å². The molecule has 0 saturated carbocycles. The lowest BCUT2D eigenvalue weighted by Crippen LogP contribution is -2.31. The van der Waals surface area contributed by atoms with Gasteiger partial charge in [0.1, 0.15) is 5.02 Å². The standard InChI is InChI=1S/C25H23Cl2F3N2O3/c1-15(18-5-3-4-6-19(18)25(28,29)30)31(2)14-22-20(26)13-21(27)23(33)32(22)12-11-16-7-9-17(10-8-16)24(34)35/h3-10,13,15H,11-12,14H2,1-2H3,(H,34,35). The fraction of sp³-hybridized carbons (Fsp3) is 0.280. The van der Waals surface area contributed by atoms with Gasteiger partial charge in [-0.3, -0.25) is 9.69 Å². The van der Waals surface area contributed by atoms with Crippen molar-refractivity contribution in [3.63, 3.8) is 0 Å². The van der Waals surface area contributed by atoms with E-state index < -0.39 is 29.3 Å². The predicted octanol–water partition coefficient (Wildman–Crippen LogP) is 6.31. The summed E-state index contributed by atoms with van der Waals surface area (Å²) in [5.41, 5.74) is 0.285. The highest BCUT2D eigenvalue weighted by Gasteiger charge is 2.35. The number of rotatable bonds is 8. The monoisotopic (exact) mass is 526 g/mol. The van der Waals surface area contributed by atoms with Crippen molar-refractivity contribution in [2.45, 2.75) is 38.7 Å². The Morgan fingerprint density at radius 2 is 1.71 bits per heavy atom. The van der Waals surface area contributed by atoms with Crippen molar-refractivity contribution in [3.05, 3.63) is 103 Å². The maximum Gasteiger partial charge on any atom is 0.416 e. The maximum atomic E-state index is 13.5. The van der Waals surface area contributed by atoms with Crippen molar-refractivity contribution in [1.82, 2.24) is 9.47 Å². The predicted molar refractivity (Wildman–Crippen MR) is 129 cm³/mol. The van der Waals surface area contributed by atoms with Crippen LogP contribution in [0.2, 0.25) is 10.0 Å². The molecule has 0 spiro atoms. The summed E-state index contributed by atoms with van der Waals surface area (Å²) >= 11 is 12.5. The molecule has 0 aliphatic heterocycles. The molecule has 1 unspecified atom stereocenters. The van der Waals surface area contributed by atoms with Gasteiger partial charge in [-0.15, -0.1) is 0 Å². The third-order valence-corrected chi connectivity index (χ3v) is 6.50. The van der Waals surface area contributed by atoms with Crippen molar-refractivity contribution >= 4 is 29.2 Å². The zero-order valence-corrected chi connectivity index (χ0v) is 20.5. The highest BCUT2D eigenvalue weighted by molar-refractivity contribution is 6.34. The van der Waals surface area contributed by atoms with Crippen LogP contribution in [0, 0.1) is 0 Å². The number of pyridine rings is 1. The first-order chi connectivity index (χ1) is 16.4. The second-order valence-electron chi connectivity index (χ2n) is 8.17. The largest absolute Gasteiger partial charge is 0.478 e. The number of alkyl halides is 3. The van der Waals surface area contributed by atoms with Crippen molar-refractivity contribution in [2.24, 2.45) is 0 Å². The van der Waals surface area contributed by atoms with Gasteiger partial charge in [0.05, 0.1) is 21.8 Å². The second kappa shape index (κ2) is 10.8. The van der Waals surface area contributed by atoms with Gasteiger partial charge in [-0.05, 0) is 55.8 Å². The molecule has 5 nitrogen and oxygen atoms in total. The van der Waals surface area contributed by atoms with Crippen LogP contribution in [0.25, 0.3) is 0 Å². The summed E-state index contributed by atoms with van der Waals surface area (Å²) in [7, 11) is 1.65. The van der Waals surface area contributed by atoms with Gasteiger partial charge in [0.25, 0.3) is 5.56 Å². The number of halogens is 5. The number of carbonyl (C=O) groups is 1. The molecule has 0 aliphatic rings. The zero-order chi connectivity index (χ0) is 25.9. The summed E-state index contributed by atoms with van der Waals surface area (Å²) < 4.78 is 42.0. The molecule has 1 heterocycles. The molecule has 1 aromatic heterocycles. The molecular weight excluding hydrogens is 504 g/mol. The molecule has 0 bridgehead atoms. The van der Waals surface area contributed by atoms with Gasteiger partial charge < -0.3 is 9.67 Å². The van der Waals surface area contributed by atoms with Crippen LogP contribution in [0.15, 0.2) is 59.4 Å². The van der Waals surface area contributed by atoms with Crippen LogP contribution in [-0.4, -0.2) is 27.6 Å². The van der Waals surface area contributed by atoms with E-state index in [4.69, 9.17) is 28.3 Å². The van der Waals surface area contributed by atoms with E-state index in [2.05, 4.69) is 0 Å². The van der Waals surface area contributed by atoms with E-state index in [1.165, 1.54) is 34.9 Å². The third kappa shape index (κ3) is 6.25. The van der Waals surface area contributed by atoms with Crippen LogP contribution in [0.4, 0.5) is 13.2 Å². The van der Waals surface area contributed by atoms with E-state index >= 15 is 0 Å². The first-order valence-electron chi connectivity index (χ1n) is 10.7. The van der Waals surface area contributed by atoms with Gasteiger partial charge in [0.2, 0.25) is 0 Å². The molecule has 0 amide bonds. The van der Waals surface area contributed by atoms with Gasteiger partial charge in [0, 0.05) is 19.1 Å². The van der Waals surface area contributed by atoms with E-state index in [0.29, 0.717) is 12.1 Å². The van der Waals surface area contributed by atoms with E-state index in [1.807, 2.05) is 0 Å². The molecule has 0 aliphatic carbocycles. The highest BCUT2D eigenvalue weighted by Crippen LogP contribution is 2.36. The van der Waals surface area contributed by atoms with Crippen molar-refractivity contribution in [3.8, 4) is 0 Å². The van der Waals surface area contributed by atoms with Crippen LogP contribution < -0.4 is 5.56 Å². The minimum atomic E-state index is -4.50. The molecule has 3 rings (SSSR count). The normalized spacial score (nSPS) is 12.7. The lowest BCUT2D eigenvalue weighted by Gasteiger charge is -2.29. The molecule has 0 saturated heterocycles. The summed E-state index contributed by atoms with van der Waals surface area (Å²) in [5.74, 6) is -1.04. The quantitative estimate of drug-likeness (QED) is 0.373. The van der Waals surface area contributed by atoms with Gasteiger partial charge in [-0.25, -0.2) is 4.79 Å². The first-order valence-corrected chi connectivity index (χ1v) is 11.4. The number of benzene rings is 2. The van der Waals surface area contributed by atoms with Gasteiger partial charge >= 0.3 is 12.1 Å². The van der Waals surface area contributed by atoms with E-state index in [1.54, 1.807) is 37.1 Å². The lowest BCUT2D eigenvalue weighted by atomic mass is 10.00. The molecule has 186 valence electrons.